The number of allylic oxidation sites excluding steroid dienone is 2. The lowest BCUT2D eigenvalue weighted by Crippen LogP contribution is -2.30. The maximum atomic E-state index is 12.7. The summed E-state index contributed by atoms with van der Waals surface area (Å²) in [4.78, 5) is 60.9. The zero-order valence-electron chi connectivity index (χ0n) is 17.3. The van der Waals surface area contributed by atoms with E-state index in [0.29, 0.717) is 18.5 Å². The van der Waals surface area contributed by atoms with Gasteiger partial charge in [-0.2, -0.15) is 0 Å². The molecule has 0 saturated carbocycles. The second-order valence-electron chi connectivity index (χ2n) is 7.65. The van der Waals surface area contributed by atoms with Crippen molar-refractivity contribution in [3.8, 4) is 0 Å². The quantitative estimate of drug-likeness (QED) is 0.235. The van der Waals surface area contributed by atoms with Crippen molar-refractivity contribution in [3.05, 3.63) is 76.4 Å². The van der Waals surface area contributed by atoms with Gasteiger partial charge >= 0.3 is 5.97 Å². The molecule has 2 aliphatic rings. The van der Waals surface area contributed by atoms with Crippen LogP contribution in [0, 0.1) is 22.0 Å². The maximum Gasteiger partial charge on any atom is 0.338 e. The third-order valence-electron chi connectivity index (χ3n) is 5.54. The number of amides is 3. The van der Waals surface area contributed by atoms with Gasteiger partial charge in [0.2, 0.25) is 11.8 Å². The molecule has 1 aliphatic heterocycles. The minimum absolute atomic E-state index is 0.139. The van der Waals surface area contributed by atoms with Crippen LogP contribution in [0.15, 0.2) is 60.7 Å². The van der Waals surface area contributed by atoms with Gasteiger partial charge in [0.15, 0.2) is 6.61 Å². The molecule has 2 aromatic carbocycles. The molecular weight excluding hydrogens is 430 g/mol. The number of carbonyl (C=O) groups is 4. The van der Waals surface area contributed by atoms with Gasteiger partial charge in [0.05, 0.1) is 28.0 Å². The van der Waals surface area contributed by atoms with E-state index in [9.17, 15) is 29.3 Å². The minimum atomic E-state index is -0.771. The molecule has 1 fully saturated rings. The number of benzene rings is 2. The van der Waals surface area contributed by atoms with Crippen LogP contribution in [0.3, 0.4) is 0 Å². The van der Waals surface area contributed by atoms with Crippen molar-refractivity contribution in [1.29, 1.82) is 0 Å². The smallest absolute Gasteiger partial charge is 0.338 e. The lowest BCUT2D eigenvalue weighted by molar-refractivity contribution is -0.384. The Morgan fingerprint density at radius 3 is 2.27 bits per heavy atom. The predicted molar refractivity (Wildman–Crippen MR) is 116 cm³/mol. The Balaban J connectivity index is 1.35. The van der Waals surface area contributed by atoms with E-state index in [1.807, 2.05) is 12.2 Å². The monoisotopic (exact) mass is 449 g/mol. The van der Waals surface area contributed by atoms with E-state index in [1.165, 1.54) is 48.5 Å². The maximum absolute atomic E-state index is 12.7. The van der Waals surface area contributed by atoms with Gasteiger partial charge in [-0.1, -0.05) is 18.2 Å². The molecule has 4 rings (SSSR count). The molecule has 0 aromatic heterocycles. The molecular formula is C23H19N3O7. The first kappa shape index (κ1) is 21.9. The number of nitrogens with zero attached hydrogens (tertiary/aromatic N) is 2. The highest BCUT2D eigenvalue weighted by Gasteiger charge is 2.47. The van der Waals surface area contributed by atoms with Gasteiger partial charge in [-0.3, -0.25) is 29.4 Å². The fraction of sp³-hybridized carbons (Fsp3) is 0.217. The summed E-state index contributed by atoms with van der Waals surface area (Å²) < 4.78 is 4.98. The number of ether oxygens (including phenoxy) is 1. The van der Waals surface area contributed by atoms with Crippen molar-refractivity contribution in [1.82, 2.24) is 0 Å². The topological polar surface area (TPSA) is 136 Å². The Labute approximate surface area is 188 Å². The van der Waals surface area contributed by atoms with Crippen LogP contribution in [-0.2, 0) is 19.1 Å². The highest BCUT2D eigenvalue weighted by atomic mass is 16.6. The lowest BCUT2D eigenvalue weighted by atomic mass is 9.85. The van der Waals surface area contributed by atoms with E-state index in [2.05, 4.69) is 5.32 Å². The SMILES string of the molecule is O=C(COC(=O)c1ccc(N2C(=O)[C@H]3CC=CC[C@H]3C2=O)cc1)Nc1cccc([N+](=O)[O-])c1. The Morgan fingerprint density at radius 1 is 1.03 bits per heavy atom. The summed E-state index contributed by atoms with van der Waals surface area (Å²) in [6.45, 7) is -0.595. The molecule has 33 heavy (non-hydrogen) atoms. The Morgan fingerprint density at radius 2 is 1.67 bits per heavy atom. The van der Waals surface area contributed by atoms with Crippen LogP contribution < -0.4 is 10.2 Å². The van der Waals surface area contributed by atoms with Gasteiger partial charge in [0, 0.05) is 17.8 Å². The molecule has 1 N–H and O–H groups in total. The van der Waals surface area contributed by atoms with Crippen LogP contribution in [0.5, 0.6) is 0 Å². The molecule has 3 amide bonds. The molecule has 0 unspecified atom stereocenters. The van der Waals surface area contributed by atoms with Crippen molar-refractivity contribution in [2.75, 3.05) is 16.8 Å². The van der Waals surface area contributed by atoms with E-state index in [4.69, 9.17) is 4.74 Å². The van der Waals surface area contributed by atoms with Crippen molar-refractivity contribution in [2.45, 2.75) is 12.8 Å². The Bertz CT molecular complexity index is 1150. The summed E-state index contributed by atoms with van der Waals surface area (Å²) in [6.07, 6.45) is 4.89. The number of fused-ring (bicyclic) bond motifs is 1. The number of hydrogen-bond donors (Lipinski definition) is 1. The number of anilines is 2. The minimum Gasteiger partial charge on any atom is -0.452 e. The number of carbonyl (C=O) groups excluding carboxylic acids is 4. The molecule has 2 atom stereocenters. The fourth-order valence-electron chi connectivity index (χ4n) is 3.91. The number of nitro groups is 1. The average Bonchev–Trinajstić information content (AvgIpc) is 3.08. The van der Waals surface area contributed by atoms with E-state index < -0.39 is 23.4 Å². The summed E-state index contributed by atoms with van der Waals surface area (Å²) in [6, 6.07) is 11.2. The van der Waals surface area contributed by atoms with E-state index in [1.54, 1.807) is 0 Å². The Hall–Kier alpha value is -4.34. The van der Waals surface area contributed by atoms with Crippen LogP contribution in [-0.4, -0.2) is 35.2 Å². The fourth-order valence-corrected chi connectivity index (χ4v) is 3.91. The predicted octanol–water partition coefficient (Wildman–Crippen LogP) is 2.85. The number of esters is 1. The largest absolute Gasteiger partial charge is 0.452 e. The lowest BCUT2D eigenvalue weighted by Gasteiger charge is -2.15. The first-order chi connectivity index (χ1) is 15.8. The van der Waals surface area contributed by atoms with Crippen LogP contribution in [0.1, 0.15) is 23.2 Å². The van der Waals surface area contributed by atoms with Gasteiger partial charge in [0.25, 0.3) is 11.6 Å². The van der Waals surface area contributed by atoms with Gasteiger partial charge in [-0.05, 0) is 43.2 Å². The van der Waals surface area contributed by atoms with Crippen LogP contribution in [0.25, 0.3) is 0 Å². The normalized spacial score (nSPS) is 19.2. The summed E-state index contributed by atoms with van der Waals surface area (Å²) in [5.74, 6) is -2.63. The van der Waals surface area contributed by atoms with Gasteiger partial charge in [-0.15, -0.1) is 0 Å². The zero-order chi connectivity index (χ0) is 23.5. The van der Waals surface area contributed by atoms with E-state index >= 15 is 0 Å². The van der Waals surface area contributed by atoms with Gasteiger partial charge in [0.1, 0.15) is 0 Å². The number of non-ortho nitro benzene ring substituents is 1. The van der Waals surface area contributed by atoms with Gasteiger partial charge < -0.3 is 10.1 Å². The summed E-state index contributed by atoms with van der Waals surface area (Å²) >= 11 is 0. The van der Waals surface area contributed by atoms with Crippen molar-refractivity contribution < 1.29 is 28.8 Å². The summed E-state index contributed by atoms with van der Waals surface area (Å²) in [5.41, 5.74) is 0.528. The third-order valence-corrected chi connectivity index (χ3v) is 5.54. The van der Waals surface area contributed by atoms with Crippen molar-refractivity contribution in [3.63, 3.8) is 0 Å². The molecule has 10 nitrogen and oxygen atoms in total. The molecule has 0 spiro atoms. The highest BCUT2D eigenvalue weighted by Crippen LogP contribution is 2.37. The molecule has 1 heterocycles. The number of nitro benzene ring substituents is 1. The Kier molecular flexibility index (Phi) is 5.99. The second kappa shape index (κ2) is 9.03. The van der Waals surface area contributed by atoms with E-state index in [-0.39, 0.29) is 40.6 Å². The van der Waals surface area contributed by atoms with Crippen molar-refractivity contribution in [2.24, 2.45) is 11.8 Å². The van der Waals surface area contributed by atoms with Crippen LogP contribution in [0.2, 0.25) is 0 Å². The van der Waals surface area contributed by atoms with E-state index in [0.717, 1.165) is 4.90 Å². The standard InChI is InChI=1S/C23H19N3O7/c27-20(24-15-4-3-5-17(12-15)26(31)32)13-33-23(30)14-8-10-16(11-9-14)25-21(28)18-6-1-2-7-19(18)22(25)29/h1-5,8-12,18-19H,6-7,13H2,(H,24,27)/t18-,19+. The first-order valence-corrected chi connectivity index (χ1v) is 10.2. The second-order valence-corrected chi connectivity index (χ2v) is 7.65. The number of imide groups is 1. The number of hydrogen-bond acceptors (Lipinski definition) is 7. The van der Waals surface area contributed by atoms with Crippen LogP contribution in [0.4, 0.5) is 17.1 Å². The molecule has 2 aromatic rings. The molecule has 168 valence electrons. The molecule has 0 radical (unpaired) electrons. The molecule has 10 heteroatoms. The first-order valence-electron chi connectivity index (χ1n) is 10.2. The van der Waals surface area contributed by atoms with Gasteiger partial charge in [-0.25, -0.2) is 4.79 Å². The summed E-state index contributed by atoms with van der Waals surface area (Å²) in [5, 5.41) is 13.2. The molecule has 0 bridgehead atoms. The number of nitrogens with one attached hydrogen (secondary N) is 1. The van der Waals surface area contributed by atoms with Crippen LogP contribution >= 0.6 is 0 Å². The average molecular weight is 449 g/mol. The molecule has 1 aliphatic carbocycles. The third kappa shape index (κ3) is 4.49. The zero-order valence-corrected chi connectivity index (χ0v) is 17.3. The summed E-state index contributed by atoms with van der Waals surface area (Å²) in [7, 11) is 0. The number of rotatable bonds is 6. The highest BCUT2D eigenvalue weighted by molar-refractivity contribution is 6.22. The molecule has 1 saturated heterocycles. The van der Waals surface area contributed by atoms with Crippen molar-refractivity contribution >= 4 is 40.8 Å².